The third-order valence-corrected chi connectivity index (χ3v) is 8.71. The van der Waals surface area contributed by atoms with Crippen LogP contribution in [0.1, 0.15) is 26.3 Å². The number of amides is 1. The molecule has 2 aromatic carbocycles. The number of hydrogen-bond donors (Lipinski definition) is 0. The molecule has 41 heavy (non-hydrogen) atoms. The van der Waals surface area contributed by atoms with E-state index in [1.54, 1.807) is 9.80 Å². The Bertz CT molecular complexity index is 1550. The summed E-state index contributed by atoms with van der Waals surface area (Å²) in [7, 11) is 0. The first-order valence-corrected chi connectivity index (χ1v) is 14.3. The molecule has 12 heteroatoms. The second-order valence-corrected chi connectivity index (χ2v) is 11.3. The quantitative estimate of drug-likeness (QED) is 0.295. The molecule has 0 saturated carbocycles. The van der Waals surface area contributed by atoms with Gasteiger partial charge in [-0.2, -0.15) is 18.2 Å². The molecule has 0 bridgehead atoms. The summed E-state index contributed by atoms with van der Waals surface area (Å²) in [4.78, 5) is 34.1. The highest BCUT2D eigenvalue weighted by Crippen LogP contribution is 2.48. The molecule has 3 atom stereocenters. The van der Waals surface area contributed by atoms with Gasteiger partial charge in [0.05, 0.1) is 23.7 Å². The molecule has 0 N–H and O–H groups in total. The Morgan fingerprint density at radius 3 is 2.41 bits per heavy atom. The Labute approximate surface area is 238 Å². The second kappa shape index (κ2) is 11.1. The third-order valence-electron chi connectivity index (χ3n) is 7.49. The Morgan fingerprint density at radius 2 is 1.83 bits per heavy atom. The van der Waals surface area contributed by atoms with E-state index < -0.39 is 29.4 Å². The molecular formula is C29H30F4N4O3S. The average molecular weight is 591 g/mol. The number of nitrogens with zero attached hydrogens (tertiary/aromatic N) is 4. The maximum atomic E-state index is 14.8. The molecule has 2 aliphatic rings. The fourth-order valence-corrected chi connectivity index (χ4v) is 7.16. The zero-order valence-electron chi connectivity index (χ0n) is 22.9. The van der Waals surface area contributed by atoms with Gasteiger partial charge < -0.3 is 14.5 Å². The average Bonchev–Trinajstić information content (AvgIpc) is 3.11. The minimum absolute atomic E-state index is 0.111. The summed E-state index contributed by atoms with van der Waals surface area (Å²) in [5.74, 6) is -0.365. The lowest BCUT2D eigenvalue weighted by molar-refractivity contribution is -0.137. The summed E-state index contributed by atoms with van der Waals surface area (Å²) >= 11 is 1.19. The number of carbonyl (C=O) groups excluding carboxylic acids is 1. The molecule has 3 heterocycles. The van der Waals surface area contributed by atoms with Crippen LogP contribution < -0.4 is 10.6 Å². The first kappa shape index (κ1) is 29.1. The molecule has 0 radical (unpaired) electrons. The standard InChI is InChI=1S/C29H30F4N4O3S/c1-5-23(38)37-16(3)12-35(13-17(37)4)27-21-11-22(29(31,32)33)24(18-7-9-19(30)10-8-18)26-25(21)36(28(39)34-27)14-20(15-41-26)40-6-2/h5,7-11,16-17,20H,1,6,12-15H2,2-4H3/t16-,17+,20-/m1/s1. The van der Waals surface area contributed by atoms with Crippen molar-refractivity contribution in [3.8, 4) is 11.1 Å². The van der Waals surface area contributed by atoms with Gasteiger partial charge in [0.2, 0.25) is 5.91 Å². The van der Waals surface area contributed by atoms with E-state index in [9.17, 15) is 27.2 Å². The van der Waals surface area contributed by atoms with Gasteiger partial charge in [0.25, 0.3) is 0 Å². The molecular weight excluding hydrogens is 560 g/mol. The smallest absolute Gasteiger partial charge is 0.376 e. The highest BCUT2D eigenvalue weighted by atomic mass is 32.2. The number of alkyl halides is 3. The van der Waals surface area contributed by atoms with Crippen LogP contribution in [0.5, 0.6) is 0 Å². The topological polar surface area (TPSA) is 67.7 Å². The van der Waals surface area contributed by atoms with Gasteiger partial charge in [-0.05, 0) is 50.6 Å². The van der Waals surface area contributed by atoms with E-state index in [0.717, 1.165) is 18.2 Å². The number of benzene rings is 2. The van der Waals surface area contributed by atoms with Crippen LogP contribution in [0.4, 0.5) is 23.4 Å². The van der Waals surface area contributed by atoms with Crippen molar-refractivity contribution >= 4 is 34.4 Å². The predicted molar refractivity (Wildman–Crippen MR) is 151 cm³/mol. The largest absolute Gasteiger partial charge is 0.417 e. The number of halogens is 4. The molecule has 218 valence electrons. The van der Waals surface area contributed by atoms with Crippen molar-refractivity contribution in [1.29, 1.82) is 0 Å². The number of hydrogen-bond acceptors (Lipinski definition) is 6. The predicted octanol–water partition coefficient (Wildman–Crippen LogP) is 5.34. The number of thioether (sulfide) groups is 1. The van der Waals surface area contributed by atoms with E-state index in [4.69, 9.17) is 4.74 Å². The van der Waals surface area contributed by atoms with Gasteiger partial charge in [0, 0.05) is 53.4 Å². The van der Waals surface area contributed by atoms with Crippen LogP contribution in [0.15, 0.2) is 52.7 Å². The molecule has 1 amide bonds. The van der Waals surface area contributed by atoms with Crippen molar-refractivity contribution in [1.82, 2.24) is 14.5 Å². The van der Waals surface area contributed by atoms with Crippen molar-refractivity contribution in [3.63, 3.8) is 0 Å². The summed E-state index contributed by atoms with van der Waals surface area (Å²) in [5.41, 5.74) is -1.08. The van der Waals surface area contributed by atoms with Crippen molar-refractivity contribution < 1.29 is 27.1 Å². The lowest BCUT2D eigenvalue weighted by Gasteiger charge is -2.44. The van der Waals surface area contributed by atoms with Crippen molar-refractivity contribution in [3.05, 3.63) is 64.9 Å². The Kier molecular flexibility index (Phi) is 7.90. The normalized spacial score (nSPS) is 21.2. The van der Waals surface area contributed by atoms with Gasteiger partial charge in [0.1, 0.15) is 11.6 Å². The summed E-state index contributed by atoms with van der Waals surface area (Å²) < 4.78 is 65.3. The Morgan fingerprint density at radius 1 is 1.17 bits per heavy atom. The molecule has 0 aliphatic carbocycles. The van der Waals surface area contributed by atoms with Crippen LogP contribution in [0.25, 0.3) is 22.0 Å². The van der Waals surface area contributed by atoms with Gasteiger partial charge in [-0.15, -0.1) is 11.8 Å². The molecule has 3 aromatic rings. The number of piperazine rings is 1. The van der Waals surface area contributed by atoms with E-state index in [0.29, 0.717) is 17.9 Å². The van der Waals surface area contributed by atoms with Crippen molar-refractivity contribution in [2.75, 3.05) is 30.3 Å². The summed E-state index contributed by atoms with van der Waals surface area (Å²) in [5, 5.41) is 0.185. The first-order chi connectivity index (χ1) is 19.4. The van der Waals surface area contributed by atoms with E-state index in [2.05, 4.69) is 11.6 Å². The SMILES string of the molecule is C=CC(=O)N1[C@H](C)CN(c2nc(=O)n3c4c(c(-c5ccc(F)cc5)c(C(F)(F)F)cc24)SC[C@H](OCC)C3)C[C@@H]1C. The Balaban J connectivity index is 1.80. The lowest BCUT2D eigenvalue weighted by Crippen LogP contribution is -2.58. The van der Waals surface area contributed by atoms with E-state index in [-0.39, 0.29) is 64.9 Å². The zero-order valence-corrected chi connectivity index (χ0v) is 23.7. The minimum Gasteiger partial charge on any atom is -0.376 e. The third kappa shape index (κ3) is 5.34. The molecule has 0 unspecified atom stereocenters. The number of rotatable bonds is 5. The Hall–Kier alpha value is -3.38. The summed E-state index contributed by atoms with van der Waals surface area (Å²) in [6, 6.07) is 5.30. The fraction of sp³-hybridized carbons (Fsp3) is 0.414. The molecule has 5 rings (SSSR count). The van der Waals surface area contributed by atoms with Crippen molar-refractivity contribution in [2.24, 2.45) is 0 Å². The van der Waals surface area contributed by atoms with E-state index in [1.807, 2.05) is 20.8 Å². The summed E-state index contributed by atoms with van der Waals surface area (Å²) in [6.45, 7) is 10.1. The maximum absolute atomic E-state index is 14.8. The molecule has 1 saturated heterocycles. The first-order valence-electron chi connectivity index (χ1n) is 13.3. The molecule has 2 aliphatic heterocycles. The van der Waals surface area contributed by atoms with Crippen LogP contribution in [0, 0.1) is 5.82 Å². The van der Waals surface area contributed by atoms with Crippen LogP contribution in [0.3, 0.4) is 0 Å². The molecule has 7 nitrogen and oxygen atoms in total. The van der Waals surface area contributed by atoms with Crippen molar-refractivity contribution in [2.45, 2.75) is 56.6 Å². The number of carbonyl (C=O) groups is 1. The van der Waals surface area contributed by atoms with Crippen LogP contribution in [-0.2, 0) is 22.3 Å². The van der Waals surface area contributed by atoms with Crippen LogP contribution >= 0.6 is 11.8 Å². The van der Waals surface area contributed by atoms with Gasteiger partial charge >= 0.3 is 11.9 Å². The minimum atomic E-state index is -4.76. The monoisotopic (exact) mass is 590 g/mol. The van der Waals surface area contributed by atoms with Gasteiger partial charge in [-0.25, -0.2) is 9.18 Å². The highest BCUT2D eigenvalue weighted by molar-refractivity contribution is 7.99. The number of anilines is 1. The summed E-state index contributed by atoms with van der Waals surface area (Å²) in [6.07, 6.45) is -3.96. The van der Waals surface area contributed by atoms with Crippen LogP contribution in [0.2, 0.25) is 0 Å². The zero-order chi connectivity index (χ0) is 29.6. The van der Waals surface area contributed by atoms with Crippen LogP contribution in [-0.4, -0.2) is 64.0 Å². The second-order valence-electron chi connectivity index (χ2n) is 10.3. The van der Waals surface area contributed by atoms with Gasteiger partial charge in [-0.3, -0.25) is 9.36 Å². The fourth-order valence-electron chi connectivity index (χ4n) is 5.88. The van der Waals surface area contributed by atoms with Gasteiger partial charge in [0.15, 0.2) is 0 Å². The molecule has 1 aromatic heterocycles. The number of aromatic nitrogens is 2. The van der Waals surface area contributed by atoms with E-state index >= 15 is 0 Å². The van der Waals surface area contributed by atoms with E-state index in [1.165, 1.54) is 34.5 Å². The highest BCUT2D eigenvalue weighted by Gasteiger charge is 2.39. The number of ether oxygens (including phenoxy) is 1. The lowest BCUT2D eigenvalue weighted by atomic mass is 9.96. The molecule has 0 spiro atoms. The maximum Gasteiger partial charge on any atom is 0.417 e. The molecule has 1 fully saturated rings. The van der Waals surface area contributed by atoms with Gasteiger partial charge in [-0.1, -0.05) is 18.7 Å².